The van der Waals surface area contributed by atoms with Gasteiger partial charge < -0.3 is 0 Å². The van der Waals surface area contributed by atoms with Crippen LogP contribution in [0.25, 0.3) is 22.8 Å². The van der Waals surface area contributed by atoms with Crippen LogP contribution in [0.4, 0.5) is 13.2 Å². The number of nitrogens with one attached hydrogen (secondary N) is 1. The van der Waals surface area contributed by atoms with Gasteiger partial charge in [0.1, 0.15) is 17.0 Å². The van der Waals surface area contributed by atoms with Gasteiger partial charge in [-0.1, -0.05) is 34.9 Å². The molecule has 0 saturated heterocycles. The number of benzene rings is 2. The van der Waals surface area contributed by atoms with E-state index in [2.05, 4.69) is 15.0 Å². The highest BCUT2D eigenvalue weighted by atomic mass is 35.5. The van der Waals surface area contributed by atoms with E-state index in [1.54, 1.807) is 18.2 Å². The van der Waals surface area contributed by atoms with Crippen LogP contribution in [0.15, 0.2) is 41.2 Å². The van der Waals surface area contributed by atoms with Crippen molar-refractivity contribution < 1.29 is 18.0 Å². The molecule has 9 heteroatoms. The Morgan fingerprint density at radius 1 is 1.03 bits per heavy atom. The summed E-state index contributed by atoms with van der Waals surface area (Å²) in [6.07, 6.45) is -4.83. The van der Waals surface area contributed by atoms with E-state index in [1.165, 1.54) is 0 Å². The lowest BCUT2D eigenvalue weighted by atomic mass is 9.84. The molecule has 5 nitrogen and oxygen atoms in total. The fraction of sp³-hybridized carbons (Fsp3) is 0.333. The SMILES string of the molecule is Cc1cc(C)cc(-c2nc(-c3cc(CCC(=O)C(C)(C)C(F)(F)F)ccc3Cl)[nH]c(=O)n2)c1. The number of rotatable bonds is 6. The second-order valence-electron chi connectivity index (χ2n) is 8.56. The molecule has 1 N–H and O–H groups in total. The Morgan fingerprint density at radius 3 is 2.27 bits per heavy atom. The Hall–Kier alpha value is -3.00. The van der Waals surface area contributed by atoms with Gasteiger partial charge in [0.25, 0.3) is 0 Å². The number of aromatic nitrogens is 3. The average Bonchev–Trinajstić information content (AvgIpc) is 2.70. The van der Waals surface area contributed by atoms with Crippen molar-refractivity contribution in [1.82, 2.24) is 15.0 Å². The Labute approximate surface area is 194 Å². The van der Waals surface area contributed by atoms with Gasteiger partial charge in [0.2, 0.25) is 0 Å². The number of alkyl halides is 3. The second kappa shape index (κ2) is 9.09. The fourth-order valence-electron chi connectivity index (χ4n) is 3.38. The van der Waals surface area contributed by atoms with Crippen LogP contribution in [0.3, 0.4) is 0 Å². The zero-order chi connectivity index (χ0) is 24.6. The number of H-pyrrole nitrogens is 1. The molecule has 3 rings (SSSR count). The molecule has 2 aromatic carbocycles. The number of hydrogen-bond acceptors (Lipinski definition) is 4. The maximum Gasteiger partial charge on any atom is 0.400 e. The molecule has 0 amide bonds. The zero-order valence-corrected chi connectivity index (χ0v) is 19.4. The first-order chi connectivity index (χ1) is 15.3. The normalized spacial score (nSPS) is 12.1. The maximum absolute atomic E-state index is 13.1. The van der Waals surface area contributed by atoms with Gasteiger partial charge in [0.15, 0.2) is 5.82 Å². The lowest BCUT2D eigenvalue weighted by Gasteiger charge is -2.26. The number of aryl methyl sites for hydroxylation is 3. The van der Waals surface area contributed by atoms with E-state index < -0.39 is 23.1 Å². The van der Waals surface area contributed by atoms with Crippen LogP contribution >= 0.6 is 11.6 Å². The van der Waals surface area contributed by atoms with Crippen molar-refractivity contribution in [3.8, 4) is 22.8 Å². The highest BCUT2D eigenvalue weighted by molar-refractivity contribution is 6.33. The highest BCUT2D eigenvalue weighted by Crippen LogP contribution is 2.39. The average molecular weight is 478 g/mol. The molecule has 1 aromatic heterocycles. The Bertz CT molecular complexity index is 1250. The third-order valence-corrected chi connectivity index (χ3v) is 5.79. The summed E-state index contributed by atoms with van der Waals surface area (Å²) in [5.74, 6) is -0.499. The Balaban J connectivity index is 1.93. The minimum Gasteiger partial charge on any atom is -0.299 e. The van der Waals surface area contributed by atoms with E-state index in [0.717, 1.165) is 25.0 Å². The third-order valence-electron chi connectivity index (χ3n) is 5.46. The summed E-state index contributed by atoms with van der Waals surface area (Å²) < 4.78 is 39.4. The molecule has 174 valence electrons. The molecule has 0 spiro atoms. The molecule has 0 aliphatic carbocycles. The minimum absolute atomic E-state index is 0.0851. The summed E-state index contributed by atoms with van der Waals surface area (Å²) in [5.41, 5.74) is 0.588. The van der Waals surface area contributed by atoms with Crippen LogP contribution in [0.1, 0.15) is 37.0 Å². The van der Waals surface area contributed by atoms with Gasteiger partial charge in [-0.25, -0.2) is 9.78 Å². The largest absolute Gasteiger partial charge is 0.400 e. The van der Waals surface area contributed by atoms with Gasteiger partial charge in [-0.2, -0.15) is 18.2 Å². The van der Waals surface area contributed by atoms with Gasteiger partial charge in [0, 0.05) is 17.5 Å². The van der Waals surface area contributed by atoms with E-state index in [-0.39, 0.29) is 24.5 Å². The van der Waals surface area contributed by atoms with Crippen molar-refractivity contribution >= 4 is 17.4 Å². The first-order valence-electron chi connectivity index (χ1n) is 10.2. The summed E-state index contributed by atoms with van der Waals surface area (Å²) in [4.78, 5) is 35.4. The smallest absolute Gasteiger partial charge is 0.299 e. The van der Waals surface area contributed by atoms with Crippen molar-refractivity contribution in [3.05, 3.63) is 68.6 Å². The van der Waals surface area contributed by atoms with Gasteiger partial charge in [-0.15, -0.1) is 0 Å². The molecule has 0 bridgehead atoms. The van der Waals surface area contributed by atoms with E-state index in [0.29, 0.717) is 21.7 Å². The number of hydrogen-bond donors (Lipinski definition) is 1. The van der Waals surface area contributed by atoms with Crippen molar-refractivity contribution in [1.29, 1.82) is 0 Å². The van der Waals surface area contributed by atoms with Crippen molar-refractivity contribution in [2.75, 3.05) is 0 Å². The summed E-state index contributed by atoms with van der Waals surface area (Å²) in [6.45, 7) is 5.60. The predicted molar refractivity (Wildman–Crippen MR) is 121 cm³/mol. The first kappa shape index (κ1) is 24.6. The van der Waals surface area contributed by atoms with E-state index in [9.17, 15) is 22.8 Å². The summed E-state index contributed by atoms with van der Waals surface area (Å²) in [5, 5.41) is 0.293. The van der Waals surface area contributed by atoms with Crippen molar-refractivity contribution in [2.24, 2.45) is 5.41 Å². The van der Waals surface area contributed by atoms with Gasteiger partial charge in [-0.3, -0.25) is 9.78 Å². The molecular formula is C24H23ClF3N3O2. The molecule has 33 heavy (non-hydrogen) atoms. The molecule has 0 fully saturated rings. The molecule has 0 aliphatic rings. The topological polar surface area (TPSA) is 75.7 Å². The second-order valence-corrected chi connectivity index (χ2v) is 8.97. The molecule has 0 radical (unpaired) electrons. The molecule has 0 saturated carbocycles. The number of carbonyl (C=O) groups excluding carboxylic acids is 1. The van der Waals surface area contributed by atoms with E-state index >= 15 is 0 Å². The maximum atomic E-state index is 13.1. The number of carbonyl (C=O) groups is 1. The number of ketones is 1. The molecule has 0 atom stereocenters. The van der Waals surface area contributed by atoms with Crippen LogP contribution in [0.5, 0.6) is 0 Å². The third kappa shape index (κ3) is 5.50. The van der Waals surface area contributed by atoms with Gasteiger partial charge >= 0.3 is 11.9 Å². The number of aromatic amines is 1. The molecular weight excluding hydrogens is 455 g/mol. The number of halogens is 4. The lowest BCUT2D eigenvalue weighted by molar-refractivity contribution is -0.210. The Morgan fingerprint density at radius 2 is 1.67 bits per heavy atom. The van der Waals surface area contributed by atoms with Crippen molar-refractivity contribution in [3.63, 3.8) is 0 Å². The lowest BCUT2D eigenvalue weighted by Crippen LogP contribution is -2.39. The highest BCUT2D eigenvalue weighted by Gasteiger charge is 2.51. The first-order valence-corrected chi connectivity index (χ1v) is 10.6. The number of nitrogens with zero attached hydrogens (tertiary/aromatic N) is 2. The molecule has 3 aromatic rings. The van der Waals surface area contributed by atoms with Gasteiger partial charge in [-0.05, 0) is 63.9 Å². The molecule has 0 aliphatic heterocycles. The summed E-state index contributed by atoms with van der Waals surface area (Å²) in [7, 11) is 0. The zero-order valence-electron chi connectivity index (χ0n) is 18.6. The van der Waals surface area contributed by atoms with Crippen LogP contribution in [-0.2, 0) is 11.2 Å². The quantitative estimate of drug-likeness (QED) is 0.482. The predicted octanol–water partition coefficient (Wildman–Crippen LogP) is 5.86. The summed E-state index contributed by atoms with van der Waals surface area (Å²) >= 11 is 6.33. The standard InChI is InChI=1S/C24H23ClF3N3O2/c1-13-9-14(2)11-16(10-13)20-29-21(31-22(33)30-20)17-12-15(5-7-18(17)25)6-8-19(32)23(3,4)24(26,27)28/h5,7,9-12H,6,8H2,1-4H3,(H,29,30,31,33). The Kier molecular flexibility index (Phi) is 6.79. The molecule has 1 heterocycles. The van der Waals surface area contributed by atoms with Crippen LogP contribution < -0.4 is 5.69 Å². The van der Waals surface area contributed by atoms with Crippen LogP contribution in [0.2, 0.25) is 5.02 Å². The molecule has 0 unspecified atom stereocenters. The van der Waals surface area contributed by atoms with Crippen LogP contribution in [-0.4, -0.2) is 26.9 Å². The van der Waals surface area contributed by atoms with Crippen molar-refractivity contribution in [2.45, 2.75) is 46.7 Å². The minimum atomic E-state index is -4.62. The van der Waals surface area contributed by atoms with Crippen LogP contribution in [0, 0.1) is 19.3 Å². The monoisotopic (exact) mass is 477 g/mol. The number of Topliss-reactive ketones (excluding diaryl/α,β-unsaturated/α-hetero) is 1. The van der Waals surface area contributed by atoms with Gasteiger partial charge in [0.05, 0.1) is 5.02 Å². The fourth-order valence-corrected chi connectivity index (χ4v) is 3.59. The summed E-state index contributed by atoms with van der Waals surface area (Å²) in [6, 6.07) is 10.5. The van der Waals surface area contributed by atoms with E-state index in [4.69, 9.17) is 11.6 Å². The van der Waals surface area contributed by atoms with E-state index in [1.807, 2.05) is 32.0 Å².